The molecule has 0 bridgehead atoms. The minimum atomic E-state index is -0.549. The molecule has 0 aromatic heterocycles. The van der Waals surface area contributed by atoms with Crippen molar-refractivity contribution in [3.8, 4) is 5.75 Å². The van der Waals surface area contributed by atoms with Crippen LogP contribution in [0.2, 0.25) is 0 Å². The molecule has 0 fully saturated rings. The van der Waals surface area contributed by atoms with E-state index in [1.165, 1.54) is 0 Å². The predicted molar refractivity (Wildman–Crippen MR) is 64.2 cm³/mol. The molecule has 16 heavy (non-hydrogen) atoms. The van der Waals surface area contributed by atoms with Gasteiger partial charge in [-0.05, 0) is 32.9 Å². The number of benzene rings is 1. The lowest BCUT2D eigenvalue weighted by Crippen LogP contribution is -2.40. The minimum absolute atomic E-state index is 0.103. The van der Waals surface area contributed by atoms with E-state index >= 15 is 0 Å². The summed E-state index contributed by atoms with van der Waals surface area (Å²) in [7, 11) is 0. The second-order valence-corrected chi connectivity index (χ2v) is 3.96. The Bertz CT molecular complexity index is 364. The van der Waals surface area contributed by atoms with Crippen molar-refractivity contribution in [2.75, 3.05) is 5.73 Å². The normalized spacial score (nSPS) is 12.2. The summed E-state index contributed by atoms with van der Waals surface area (Å²) in [6.07, 6.45) is -0.549. The number of para-hydroxylation sites is 2. The molecule has 4 nitrogen and oxygen atoms in total. The van der Waals surface area contributed by atoms with Crippen LogP contribution in [0.1, 0.15) is 20.8 Å². The molecule has 88 valence electrons. The number of carbonyl (C=O) groups is 1. The zero-order chi connectivity index (χ0) is 12.1. The number of nitrogens with two attached hydrogens (primary N) is 1. The van der Waals surface area contributed by atoms with Gasteiger partial charge in [-0.15, -0.1) is 0 Å². The van der Waals surface area contributed by atoms with Crippen molar-refractivity contribution in [1.82, 2.24) is 5.32 Å². The first-order valence-electron chi connectivity index (χ1n) is 5.32. The largest absolute Gasteiger partial charge is 0.479 e. The molecule has 0 spiro atoms. The molecular formula is C12H18N2O2. The number of rotatable bonds is 4. The quantitative estimate of drug-likeness (QED) is 0.760. The predicted octanol–water partition coefficient (Wildman–Crippen LogP) is 1.56. The first kappa shape index (κ1) is 12.4. The van der Waals surface area contributed by atoms with Crippen LogP contribution in [0.5, 0.6) is 5.75 Å². The summed E-state index contributed by atoms with van der Waals surface area (Å²) in [5, 5.41) is 2.78. The van der Waals surface area contributed by atoms with Crippen LogP contribution in [-0.4, -0.2) is 18.1 Å². The third-order valence-electron chi connectivity index (χ3n) is 2.02. The molecule has 4 heteroatoms. The molecule has 0 aliphatic heterocycles. The van der Waals surface area contributed by atoms with Gasteiger partial charge in [0.1, 0.15) is 5.75 Å². The Labute approximate surface area is 95.8 Å². The van der Waals surface area contributed by atoms with E-state index in [1.807, 2.05) is 26.0 Å². The molecule has 0 saturated carbocycles. The van der Waals surface area contributed by atoms with E-state index in [0.29, 0.717) is 11.4 Å². The third-order valence-corrected chi connectivity index (χ3v) is 2.02. The lowest BCUT2D eigenvalue weighted by Gasteiger charge is -2.17. The molecule has 1 rings (SSSR count). The van der Waals surface area contributed by atoms with Crippen molar-refractivity contribution in [2.45, 2.75) is 32.9 Å². The second kappa shape index (κ2) is 5.39. The average Bonchev–Trinajstić information content (AvgIpc) is 2.20. The zero-order valence-electron chi connectivity index (χ0n) is 9.86. The Morgan fingerprint density at radius 2 is 1.94 bits per heavy atom. The molecule has 1 atom stereocenters. The van der Waals surface area contributed by atoms with Crippen molar-refractivity contribution in [2.24, 2.45) is 0 Å². The molecule has 1 unspecified atom stereocenters. The molecule has 1 aromatic carbocycles. The van der Waals surface area contributed by atoms with Crippen molar-refractivity contribution < 1.29 is 9.53 Å². The lowest BCUT2D eigenvalue weighted by atomic mass is 10.3. The summed E-state index contributed by atoms with van der Waals surface area (Å²) in [4.78, 5) is 11.6. The van der Waals surface area contributed by atoms with E-state index in [9.17, 15) is 4.79 Å². The van der Waals surface area contributed by atoms with Crippen molar-refractivity contribution >= 4 is 11.6 Å². The topological polar surface area (TPSA) is 64.3 Å². The Morgan fingerprint density at radius 1 is 1.31 bits per heavy atom. The van der Waals surface area contributed by atoms with Crippen LogP contribution in [0.15, 0.2) is 24.3 Å². The van der Waals surface area contributed by atoms with Crippen molar-refractivity contribution in [3.05, 3.63) is 24.3 Å². The highest BCUT2D eigenvalue weighted by atomic mass is 16.5. The Morgan fingerprint density at radius 3 is 2.50 bits per heavy atom. The van der Waals surface area contributed by atoms with Gasteiger partial charge in [-0.3, -0.25) is 4.79 Å². The smallest absolute Gasteiger partial charge is 0.260 e. The molecule has 0 heterocycles. The first-order chi connectivity index (χ1) is 7.50. The van der Waals surface area contributed by atoms with Crippen molar-refractivity contribution in [1.29, 1.82) is 0 Å². The first-order valence-corrected chi connectivity index (χ1v) is 5.32. The second-order valence-electron chi connectivity index (χ2n) is 3.96. The molecule has 1 aromatic rings. The van der Waals surface area contributed by atoms with Crippen LogP contribution in [0.4, 0.5) is 5.69 Å². The highest BCUT2D eigenvalue weighted by molar-refractivity contribution is 5.81. The van der Waals surface area contributed by atoms with E-state index in [-0.39, 0.29) is 11.9 Å². The summed E-state index contributed by atoms with van der Waals surface area (Å²) in [6, 6.07) is 7.23. The maximum absolute atomic E-state index is 11.6. The minimum Gasteiger partial charge on any atom is -0.479 e. The maximum atomic E-state index is 11.6. The van der Waals surface area contributed by atoms with Gasteiger partial charge in [0.05, 0.1) is 5.69 Å². The van der Waals surface area contributed by atoms with E-state index in [1.54, 1.807) is 19.1 Å². The number of hydrogen-bond acceptors (Lipinski definition) is 3. The van der Waals surface area contributed by atoms with Gasteiger partial charge in [0.15, 0.2) is 6.10 Å². The molecular weight excluding hydrogens is 204 g/mol. The number of ether oxygens (including phenoxy) is 1. The zero-order valence-corrected chi connectivity index (χ0v) is 9.86. The Kier molecular flexibility index (Phi) is 4.17. The van der Waals surface area contributed by atoms with Gasteiger partial charge in [-0.2, -0.15) is 0 Å². The fourth-order valence-corrected chi connectivity index (χ4v) is 1.23. The SMILES string of the molecule is CC(C)NC(=O)C(C)Oc1ccccc1N. The number of anilines is 1. The number of carbonyl (C=O) groups excluding carboxylic acids is 1. The van der Waals surface area contributed by atoms with Gasteiger partial charge < -0.3 is 15.8 Å². The fraction of sp³-hybridized carbons (Fsp3) is 0.417. The summed E-state index contributed by atoms with van der Waals surface area (Å²) < 4.78 is 5.47. The van der Waals surface area contributed by atoms with Crippen LogP contribution in [0.3, 0.4) is 0 Å². The monoisotopic (exact) mass is 222 g/mol. The van der Waals surface area contributed by atoms with E-state index < -0.39 is 6.10 Å². The van der Waals surface area contributed by atoms with Crippen molar-refractivity contribution in [3.63, 3.8) is 0 Å². The summed E-state index contributed by atoms with van der Waals surface area (Å²) >= 11 is 0. The highest BCUT2D eigenvalue weighted by Gasteiger charge is 2.15. The highest BCUT2D eigenvalue weighted by Crippen LogP contribution is 2.20. The van der Waals surface area contributed by atoms with E-state index in [4.69, 9.17) is 10.5 Å². The van der Waals surface area contributed by atoms with E-state index in [0.717, 1.165) is 0 Å². The third kappa shape index (κ3) is 3.46. The van der Waals surface area contributed by atoms with Crippen LogP contribution in [-0.2, 0) is 4.79 Å². The summed E-state index contributed by atoms with van der Waals surface area (Å²) in [5.74, 6) is 0.396. The van der Waals surface area contributed by atoms with Crippen LogP contribution in [0.25, 0.3) is 0 Å². The molecule has 0 aliphatic carbocycles. The Balaban J connectivity index is 2.61. The summed E-state index contributed by atoms with van der Waals surface area (Å²) in [5.41, 5.74) is 6.25. The number of nitrogens with one attached hydrogen (secondary N) is 1. The maximum Gasteiger partial charge on any atom is 0.260 e. The van der Waals surface area contributed by atoms with Gasteiger partial charge in [-0.1, -0.05) is 12.1 Å². The molecule has 0 saturated heterocycles. The van der Waals surface area contributed by atoms with Gasteiger partial charge in [0.25, 0.3) is 5.91 Å². The number of nitrogen functional groups attached to an aromatic ring is 1. The van der Waals surface area contributed by atoms with Gasteiger partial charge in [-0.25, -0.2) is 0 Å². The van der Waals surface area contributed by atoms with Gasteiger partial charge in [0, 0.05) is 6.04 Å². The standard InChI is InChI=1S/C12H18N2O2/c1-8(2)14-12(15)9(3)16-11-7-5-4-6-10(11)13/h4-9H,13H2,1-3H3,(H,14,15). The molecule has 3 N–H and O–H groups in total. The van der Waals surface area contributed by atoms with Crippen LogP contribution >= 0.6 is 0 Å². The number of amides is 1. The fourth-order valence-electron chi connectivity index (χ4n) is 1.23. The molecule has 0 aliphatic rings. The van der Waals surface area contributed by atoms with Crippen LogP contribution in [0, 0.1) is 0 Å². The average molecular weight is 222 g/mol. The molecule has 0 radical (unpaired) electrons. The van der Waals surface area contributed by atoms with Gasteiger partial charge in [0.2, 0.25) is 0 Å². The van der Waals surface area contributed by atoms with Crippen LogP contribution < -0.4 is 15.8 Å². The lowest BCUT2D eigenvalue weighted by molar-refractivity contribution is -0.127. The molecule has 1 amide bonds. The Hall–Kier alpha value is -1.71. The van der Waals surface area contributed by atoms with E-state index in [2.05, 4.69) is 5.32 Å². The summed E-state index contributed by atoms with van der Waals surface area (Å²) in [6.45, 7) is 5.51. The number of hydrogen-bond donors (Lipinski definition) is 2. The van der Waals surface area contributed by atoms with Gasteiger partial charge >= 0.3 is 0 Å².